The number of halogens is 2. The second kappa shape index (κ2) is 4.96. The Bertz CT molecular complexity index is 569. The van der Waals surface area contributed by atoms with Crippen molar-refractivity contribution in [3.8, 4) is 0 Å². The Morgan fingerprint density at radius 1 is 1.80 bits per heavy atom. The van der Waals surface area contributed by atoms with Gasteiger partial charge in [-0.15, -0.1) is 0 Å². The summed E-state index contributed by atoms with van der Waals surface area (Å²) in [5.41, 5.74) is 2.68. The Morgan fingerprint density at radius 2 is 2.45 bits per heavy atom. The van der Waals surface area contributed by atoms with Crippen molar-refractivity contribution in [3.05, 3.63) is 22.7 Å². The minimum absolute atomic E-state index is 0.00722. The zero-order valence-electron chi connectivity index (χ0n) is 10.7. The summed E-state index contributed by atoms with van der Waals surface area (Å²) < 4.78 is 19.8. The van der Waals surface area contributed by atoms with Gasteiger partial charge in [0.05, 0.1) is 13.2 Å². The molecule has 0 aliphatic carbocycles. The molecular weight excluding hydrogens is 293 g/mol. The highest BCUT2D eigenvalue weighted by Gasteiger charge is 2.61. The van der Waals surface area contributed by atoms with E-state index in [0.717, 1.165) is 11.5 Å². The van der Waals surface area contributed by atoms with Gasteiger partial charge in [-0.3, -0.25) is 4.57 Å². The molecule has 0 spiro atoms. The fourth-order valence-corrected chi connectivity index (χ4v) is 2.63. The molecule has 4 N–H and O–H groups in total. The lowest BCUT2D eigenvalue weighted by molar-refractivity contribution is -0.131. The minimum atomic E-state index is -1.89. The van der Waals surface area contributed by atoms with Gasteiger partial charge in [0.25, 0.3) is 0 Å². The third-order valence-electron chi connectivity index (χ3n) is 3.57. The summed E-state index contributed by atoms with van der Waals surface area (Å²) in [6.45, 7) is -0.0143. The fourth-order valence-electron chi connectivity index (χ4n) is 2.26. The summed E-state index contributed by atoms with van der Waals surface area (Å²) in [6.07, 6.45) is -2.11. The molecule has 9 heteroatoms. The molecule has 4 atom stereocenters. The van der Waals surface area contributed by atoms with E-state index in [1.54, 1.807) is 0 Å². The Hall–Kier alpha value is -1.22. The number of aliphatic hydroxyl groups is 2. The van der Waals surface area contributed by atoms with Crippen LogP contribution in [0.15, 0.2) is 17.1 Å². The summed E-state index contributed by atoms with van der Waals surface area (Å²) in [7, 11) is 0. The number of rotatable bonds is 3. The second-order valence-electron chi connectivity index (χ2n) is 4.74. The van der Waals surface area contributed by atoms with Gasteiger partial charge in [-0.25, -0.2) is 9.18 Å². The van der Waals surface area contributed by atoms with Crippen LogP contribution in [0.25, 0.3) is 0 Å². The Balaban J connectivity index is 2.49. The zero-order valence-corrected chi connectivity index (χ0v) is 11.4. The molecule has 1 saturated heterocycles. The van der Waals surface area contributed by atoms with Gasteiger partial charge in [0.15, 0.2) is 10.6 Å². The molecule has 1 aliphatic rings. The Kier molecular flexibility index (Phi) is 3.76. The van der Waals surface area contributed by atoms with Crippen molar-refractivity contribution in [1.29, 1.82) is 0 Å². The lowest BCUT2D eigenvalue weighted by Gasteiger charge is -2.34. The highest BCUT2D eigenvalue weighted by atomic mass is 35.5. The number of nitrogen functional groups attached to an aromatic ring is 1. The predicted molar refractivity (Wildman–Crippen MR) is 69.1 cm³/mol. The van der Waals surface area contributed by atoms with Crippen molar-refractivity contribution in [1.82, 2.24) is 9.55 Å². The molecule has 2 rings (SSSR count). The van der Waals surface area contributed by atoms with E-state index in [9.17, 15) is 19.4 Å². The summed E-state index contributed by atoms with van der Waals surface area (Å²) in [5.74, 6) is -0.00722. The van der Waals surface area contributed by atoms with Gasteiger partial charge >= 0.3 is 5.69 Å². The van der Waals surface area contributed by atoms with Crippen molar-refractivity contribution in [2.24, 2.45) is 0 Å². The topological polar surface area (TPSA) is 111 Å². The predicted octanol–water partition coefficient (Wildman–Crippen LogP) is -0.803. The molecule has 0 aromatic carbocycles. The average Bonchev–Trinajstić information content (AvgIpc) is 2.64. The molecular formula is C11H15ClFN3O4. The lowest BCUT2D eigenvalue weighted by Crippen LogP contribution is -2.57. The van der Waals surface area contributed by atoms with Crippen LogP contribution in [-0.4, -0.2) is 50.9 Å². The monoisotopic (exact) mass is 307 g/mol. The number of ether oxygens (including phenoxy) is 1. The van der Waals surface area contributed by atoms with Crippen LogP contribution >= 0.6 is 11.6 Å². The fraction of sp³-hybridized carbons (Fsp3) is 0.636. The van der Waals surface area contributed by atoms with E-state index in [4.69, 9.17) is 22.1 Å². The van der Waals surface area contributed by atoms with Gasteiger partial charge in [0.1, 0.15) is 18.1 Å². The summed E-state index contributed by atoms with van der Waals surface area (Å²) >= 11 is 6.24. The number of alkyl halides is 2. The first-order valence-electron chi connectivity index (χ1n) is 5.89. The molecule has 20 heavy (non-hydrogen) atoms. The smallest absolute Gasteiger partial charge is 0.351 e. The summed E-state index contributed by atoms with van der Waals surface area (Å²) in [6, 6.07) is 1.32. The standard InChI is InChI=1S/C11H15ClFN3O4/c1-6(13)10(4-17)8(18)11(12,5-20-10)16-3-2-7(14)15-9(16)19/h2-3,6,8,17-18H,4-5H2,1H3,(H2,14,15,19)/t6?,8-,10+,11-/m1/s1. The first-order chi connectivity index (χ1) is 9.28. The number of aromatic nitrogens is 2. The molecule has 1 unspecified atom stereocenters. The van der Waals surface area contributed by atoms with Gasteiger partial charge in [-0.1, -0.05) is 11.6 Å². The van der Waals surface area contributed by atoms with Crippen LogP contribution in [0.4, 0.5) is 10.2 Å². The van der Waals surface area contributed by atoms with Gasteiger partial charge in [-0.2, -0.15) is 4.98 Å². The van der Waals surface area contributed by atoms with Crippen molar-refractivity contribution in [2.75, 3.05) is 18.9 Å². The van der Waals surface area contributed by atoms with Crippen LogP contribution in [0, 0.1) is 0 Å². The van der Waals surface area contributed by atoms with Crippen LogP contribution in [0.5, 0.6) is 0 Å². The maximum absolute atomic E-state index is 13.7. The van der Waals surface area contributed by atoms with E-state index in [-0.39, 0.29) is 12.4 Å². The van der Waals surface area contributed by atoms with Crippen LogP contribution in [0.3, 0.4) is 0 Å². The van der Waals surface area contributed by atoms with Gasteiger partial charge in [0.2, 0.25) is 0 Å². The maximum Gasteiger partial charge on any atom is 0.351 e. The van der Waals surface area contributed by atoms with Crippen LogP contribution in [0.2, 0.25) is 0 Å². The highest BCUT2D eigenvalue weighted by molar-refractivity contribution is 6.22. The van der Waals surface area contributed by atoms with Gasteiger partial charge < -0.3 is 20.7 Å². The highest BCUT2D eigenvalue weighted by Crippen LogP contribution is 2.43. The van der Waals surface area contributed by atoms with Crippen molar-refractivity contribution in [3.63, 3.8) is 0 Å². The SMILES string of the molecule is CC(F)[C@]1(CO)OC[C@@](Cl)(n2ccc(N)nc2=O)[C@@H]1O. The van der Waals surface area contributed by atoms with Crippen molar-refractivity contribution in [2.45, 2.75) is 29.8 Å². The first-order valence-corrected chi connectivity index (χ1v) is 6.27. The third-order valence-corrected chi connectivity index (χ3v) is 4.07. The molecule has 112 valence electrons. The number of nitrogens with zero attached hydrogens (tertiary/aromatic N) is 2. The largest absolute Gasteiger partial charge is 0.393 e. The molecule has 2 heterocycles. The number of hydrogen-bond acceptors (Lipinski definition) is 6. The number of hydrogen-bond donors (Lipinski definition) is 3. The molecule has 0 saturated carbocycles. The first kappa shape index (κ1) is 15.2. The molecule has 7 nitrogen and oxygen atoms in total. The molecule has 1 fully saturated rings. The van der Waals surface area contributed by atoms with Crippen LogP contribution in [-0.2, 0) is 9.73 Å². The lowest BCUT2D eigenvalue weighted by atomic mass is 9.90. The summed E-state index contributed by atoms with van der Waals surface area (Å²) in [4.78, 5) is 13.5. The normalized spacial score (nSPS) is 35.1. The van der Waals surface area contributed by atoms with E-state index in [0.29, 0.717) is 0 Å². The quantitative estimate of drug-likeness (QED) is 0.630. The third kappa shape index (κ3) is 1.99. The second-order valence-corrected chi connectivity index (χ2v) is 5.40. The minimum Gasteiger partial charge on any atom is -0.393 e. The number of aliphatic hydroxyl groups excluding tert-OH is 2. The van der Waals surface area contributed by atoms with E-state index >= 15 is 0 Å². The van der Waals surface area contributed by atoms with Crippen molar-refractivity contribution >= 4 is 17.4 Å². The van der Waals surface area contributed by atoms with Gasteiger partial charge in [-0.05, 0) is 13.0 Å². The van der Waals surface area contributed by atoms with E-state index in [1.165, 1.54) is 12.3 Å². The maximum atomic E-state index is 13.7. The van der Waals surface area contributed by atoms with Gasteiger partial charge in [0, 0.05) is 6.20 Å². The Labute approximate surface area is 118 Å². The Morgan fingerprint density at radius 3 is 2.90 bits per heavy atom. The number of nitrogens with two attached hydrogens (primary N) is 1. The molecule has 0 bridgehead atoms. The van der Waals surface area contributed by atoms with Crippen molar-refractivity contribution < 1.29 is 19.3 Å². The molecule has 1 aliphatic heterocycles. The van der Waals surface area contributed by atoms with E-state index in [2.05, 4.69) is 4.98 Å². The van der Waals surface area contributed by atoms with E-state index < -0.39 is 35.2 Å². The van der Waals surface area contributed by atoms with Crippen LogP contribution in [0.1, 0.15) is 6.92 Å². The van der Waals surface area contributed by atoms with E-state index in [1.807, 2.05) is 0 Å². The summed E-state index contributed by atoms with van der Waals surface area (Å²) in [5, 5.41) is 19.6. The molecule has 0 radical (unpaired) electrons. The molecule has 1 aromatic heterocycles. The van der Waals surface area contributed by atoms with Crippen LogP contribution < -0.4 is 11.4 Å². The molecule has 0 amide bonds. The number of anilines is 1. The average molecular weight is 308 g/mol. The molecule has 1 aromatic rings. The zero-order chi connectivity index (χ0) is 15.1.